The van der Waals surface area contributed by atoms with Crippen LogP contribution in [-0.2, 0) is 0 Å². The highest BCUT2D eigenvalue weighted by atomic mass is 19.1. The Kier molecular flexibility index (Phi) is 3.76. The second-order valence-electron chi connectivity index (χ2n) is 4.78. The molecular formula is C15H19F. The largest absolute Gasteiger partial charge is 0.207 e. The minimum Gasteiger partial charge on any atom is -0.207 e. The lowest BCUT2D eigenvalue weighted by Crippen LogP contribution is -2.03. The summed E-state index contributed by atoms with van der Waals surface area (Å²) in [5.41, 5.74) is 1.89. The third-order valence-electron chi connectivity index (χ3n) is 3.36. The number of rotatable bonds is 2. The van der Waals surface area contributed by atoms with E-state index < -0.39 is 0 Å². The summed E-state index contributed by atoms with van der Waals surface area (Å²) < 4.78 is 13.9. The molecule has 1 saturated carbocycles. The summed E-state index contributed by atoms with van der Waals surface area (Å²) in [6, 6.07) is 7.65. The Labute approximate surface area is 97.2 Å². The van der Waals surface area contributed by atoms with Gasteiger partial charge < -0.3 is 0 Å². The minimum atomic E-state index is -0.0492. The molecule has 86 valence electrons. The van der Waals surface area contributed by atoms with Crippen LogP contribution in [0.2, 0.25) is 0 Å². The molecule has 1 aromatic carbocycles. The number of halogens is 1. The molecule has 1 aliphatic carbocycles. The molecule has 0 heterocycles. The maximum atomic E-state index is 13.9. The van der Waals surface area contributed by atoms with Crippen molar-refractivity contribution < 1.29 is 4.39 Å². The summed E-state index contributed by atoms with van der Waals surface area (Å²) in [5, 5.41) is 0. The van der Waals surface area contributed by atoms with E-state index in [1.165, 1.54) is 24.8 Å². The Balaban J connectivity index is 2.07. The van der Waals surface area contributed by atoms with E-state index in [0.717, 1.165) is 18.4 Å². The number of aryl methyl sites for hydroxylation is 1. The molecule has 0 spiro atoms. The standard InChI is InChI=1S/C15H19F/c1-12-7-9-14(10-8-12)15(16)11-13-5-3-2-4-6-13/h7-11,13H,2-6H2,1H3/b15-11+. The molecule has 0 saturated heterocycles. The van der Waals surface area contributed by atoms with Gasteiger partial charge in [0.25, 0.3) is 0 Å². The van der Waals surface area contributed by atoms with Crippen molar-refractivity contribution in [3.63, 3.8) is 0 Å². The van der Waals surface area contributed by atoms with E-state index in [4.69, 9.17) is 0 Å². The van der Waals surface area contributed by atoms with Crippen LogP contribution in [0.3, 0.4) is 0 Å². The molecule has 0 amide bonds. The summed E-state index contributed by atoms with van der Waals surface area (Å²) >= 11 is 0. The fourth-order valence-corrected chi connectivity index (χ4v) is 2.32. The van der Waals surface area contributed by atoms with Gasteiger partial charge in [-0.1, -0.05) is 49.1 Å². The van der Waals surface area contributed by atoms with Crippen molar-refractivity contribution in [3.05, 3.63) is 41.5 Å². The van der Waals surface area contributed by atoms with E-state index >= 15 is 0 Å². The molecule has 1 aliphatic rings. The van der Waals surface area contributed by atoms with Gasteiger partial charge in [-0.3, -0.25) is 0 Å². The van der Waals surface area contributed by atoms with E-state index in [-0.39, 0.29) is 5.83 Å². The van der Waals surface area contributed by atoms with Crippen LogP contribution in [0.25, 0.3) is 5.83 Å². The Morgan fingerprint density at radius 3 is 2.38 bits per heavy atom. The van der Waals surface area contributed by atoms with Crippen molar-refractivity contribution >= 4 is 5.83 Å². The smallest absolute Gasteiger partial charge is 0.126 e. The highest BCUT2D eigenvalue weighted by Crippen LogP contribution is 2.28. The second-order valence-corrected chi connectivity index (χ2v) is 4.78. The van der Waals surface area contributed by atoms with Crippen LogP contribution in [0.4, 0.5) is 4.39 Å². The molecule has 1 fully saturated rings. The normalized spacial score (nSPS) is 18.8. The van der Waals surface area contributed by atoms with Gasteiger partial charge in [0.15, 0.2) is 0 Å². The fourth-order valence-electron chi connectivity index (χ4n) is 2.32. The highest BCUT2D eigenvalue weighted by Gasteiger charge is 2.12. The van der Waals surface area contributed by atoms with Crippen molar-refractivity contribution in [1.29, 1.82) is 0 Å². The number of hydrogen-bond acceptors (Lipinski definition) is 0. The van der Waals surface area contributed by atoms with Crippen molar-refractivity contribution in [2.75, 3.05) is 0 Å². The van der Waals surface area contributed by atoms with Crippen molar-refractivity contribution in [1.82, 2.24) is 0 Å². The van der Waals surface area contributed by atoms with Crippen LogP contribution in [0.15, 0.2) is 30.3 Å². The SMILES string of the molecule is Cc1ccc(/C(F)=C\C2CCCCC2)cc1. The third-order valence-corrected chi connectivity index (χ3v) is 3.36. The molecule has 0 nitrogen and oxygen atoms in total. The summed E-state index contributed by atoms with van der Waals surface area (Å²) in [5.74, 6) is 0.405. The topological polar surface area (TPSA) is 0 Å². The zero-order chi connectivity index (χ0) is 11.4. The quantitative estimate of drug-likeness (QED) is 0.663. The van der Waals surface area contributed by atoms with E-state index in [0.29, 0.717) is 5.92 Å². The Bertz CT molecular complexity index is 356. The van der Waals surface area contributed by atoms with Crippen LogP contribution in [0, 0.1) is 12.8 Å². The zero-order valence-corrected chi connectivity index (χ0v) is 9.88. The molecule has 0 aromatic heterocycles. The summed E-state index contributed by atoms with van der Waals surface area (Å²) in [7, 11) is 0. The lowest BCUT2D eigenvalue weighted by atomic mass is 9.88. The predicted molar refractivity (Wildman–Crippen MR) is 66.8 cm³/mol. The predicted octanol–water partition coefficient (Wildman–Crippen LogP) is 4.89. The molecule has 1 aromatic rings. The first kappa shape index (κ1) is 11.4. The highest BCUT2D eigenvalue weighted by molar-refractivity contribution is 5.59. The van der Waals surface area contributed by atoms with Crippen LogP contribution in [0.1, 0.15) is 43.2 Å². The Morgan fingerprint density at radius 1 is 1.12 bits per heavy atom. The molecule has 1 heteroatoms. The van der Waals surface area contributed by atoms with Gasteiger partial charge in [0.2, 0.25) is 0 Å². The van der Waals surface area contributed by atoms with Gasteiger partial charge in [-0.15, -0.1) is 0 Å². The van der Waals surface area contributed by atoms with Gasteiger partial charge in [-0.25, -0.2) is 4.39 Å². The lowest BCUT2D eigenvalue weighted by molar-refractivity contribution is 0.417. The minimum absolute atomic E-state index is 0.0492. The Hall–Kier alpha value is -1.11. The average molecular weight is 218 g/mol. The van der Waals surface area contributed by atoms with Gasteiger partial charge in [0.1, 0.15) is 5.83 Å². The van der Waals surface area contributed by atoms with Crippen molar-refractivity contribution in [2.24, 2.45) is 5.92 Å². The maximum absolute atomic E-state index is 13.9. The molecule has 0 unspecified atom stereocenters. The second kappa shape index (κ2) is 5.29. The molecule has 0 N–H and O–H groups in total. The Morgan fingerprint density at radius 2 is 1.75 bits per heavy atom. The third kappa shape index (κ3) is 2.94. The first-order valence-electron chi connectivity index (χ1n) is 6.20. The first-order valence-corrected chi connectivity index (χ1v) is 6.20. The van der Waals surface area contributed by atoms with Crippen LogP contribution in [0.5, 0.6) is 0 Å². The maximum Gasteiger partial charge on any atom is 0.126 e. The summed E-state index contributed by atoms with van der Waals surface area (Å²) in [4.78, 5) is 0. The van der Waals surface area contributed by atoms with E-state index in [1.807, 2.05) is 37.3 Å². The van der Waals surface area contributed by atoms with Crippen LogP contribution in [-0.4, -0.2) is 0 Å². The van der Waals surface area contributed by atoms with Crippen molar-refractivity contribution in [2.45, 2.75) is 39.0 Å². The average Bonchev–Trinajstić information content (AvgIpc) is 2.31. The van der Waals surface area contributed by atoms with E-state index in [2.05, 4.69) is 0 Å². The molecule has 0 aliphatic heterocycles. The number of hydrogen-bond donors (Lipinski definition) is 0. The zero-order valence-electron chi connectivity index (χ0n) is 9.88. The molecular weight excluding hydrogens is 199 g/mol. The van der Waals surface area contributed by atoms with E-state index in [1.54, 1.807) is 0 Å². The molecule has 0 bridgehead atoms. The fraction of sp³-hybridized carbons (Fsp3) is 0.467. The first-order chi connectivity index (χ1) is 7.75. The van der Waals surface area contributed by atoms with Gasteiger partial charge >= 0.3 is 0 Å². The lowest BCUT2D eigenvalue weighted by Gasteiger charge is -2.18. The van der Waals surface area contributed by atoms with E-state index in [9.17, 15) is 4.39 Å². The number of allylic oxidation sites excluding steroid dienone is 1. The van der Waals surface area contributed by atoms with Gasteiger partial charge in [0, 0.05) is 5.56 Å². The van der Waals surface area contributed by atoms with Gasteiger partial charge in [-0.2, -0.15) is 0 Å². The van der Waals surface area contributed by atoms with Crippen molar-refractivity contribution in [3.8, 4) is 0 Å². The monoisotopic (exact) mass is 218 g/mol. The van der Waals surface area contributed by atoms with Gasteiger partial charge in [-0.05, 0) is 31.8 Å². The molecule has 0 radical (unpaired) electrons. The van der Waals surface area contributed by atoms with Crippen LogP contribution >= 0.6 is 0 Å². The summed E-state index contributed by atoms with van der Waals surface area (Å²) in [6.45, 7) is 2.02. The molecule has 16 heavy (non-hydrogen) atoms. The molecule has 2 rings (SSSR count). The van der Waals surface area contributed by atoms with Gasteiger partial charge in [0.05, 0.1) is 0 Å². The van der Waals surface area contributed by atoms with Crippen LogP contribution < -0.4 is 0 Å². The molecule has 0 atom stereocenters. The summed E-state index contributed by atoms with van der Waals surface area (Å²) in [6.07, 6.45) is 7.95. The number of benzene rings is 1.